The van der Waals surface area contributed by atoms with Gasteiger partial charge >= 0.3 is 12.2 Å². The summed E-state index contributed by atoms with van der Waals surface area (Å²) in [5.41, 5.74) is -3.45. The Hall–Kier alpha value is -3.68. The van der Waals surface area contributed by atoms with Gasteiger partial charge < -0.3 is 5.32 Å². The molecule has 0 amide bonds. The van der Waals surface area contributed by atoms with Crippen LogP contribution >= 0.6 is 22.6 Å². The number of rotatable bonds is 7. The SMILES string of the molecule is Cc1c(=O)n(C)c(Nc2ccc(I)cc2F)c2c(=O)n(C(F)F)c(=O)n(-c3cccc(C(=O)CC4CC4)c3)c12. The maximum atomic E-state index is 14.7. The fourth-order valence-electron chi connectivity index (χ4n) is 4.61. The summed E-state index contributed by atoms with van der Waals surface area (Å²) in [4.78, 5) is 52.8. The minimum atomic E-state index is -3.51. The number of aromatic nitrogens is 3. The molecule has 1 saturated carbocycles. The first-order chi connectivity index (χ1) is 18.5. The molecule has 8 nitrogen and oxygen atoms in total. The standard InChI is InChI=1S/C27H22F3IN4O4/c1-13-22-21(23(33(2)24(13)37)32-19-9-8-16(31)12-18(19)28)25(38)35(26(29)30)27(39)34(22)17-5-3-4-15(11-17)20(36)10-14-6-7-14/h3-5,8-9,11-12,14,26,32H,6-7,10H2,1-2H3. The molecular weight excluding hydrogens is 628 g/mol. The summed E-state index contributed by atoms with van der Waals surface area (Å²) >= 11 is 1.91. The Kier molecular flexibility index (Phi) is 6.99. The molecule has 5 rings (SSSR count). The molecule has 0 saturated heterocycles. The minimum absolute atomic E-state index is 0.0313. The van der Waals surface area contributed by atoms with Gasteiger partial charge in [-0.2, -0.15) is 13.3 Å². The topological polar surface area (TPSA) is 95.1 Å². The molecular formula is C27H22F3IN4O4. The van der Waals surface area contributed by atoms with Gasteiger partial charge in [0.2, 0.25) is 0 Å². The van der Waals surface area contributed by atoms with Gasteiger partial charge in [-0.25, -0.2) is 9.18 Å². The Balaban J connectivity index is 1.86. The number of anilines is 2. The minimum Gasteiger partial charge on any atom is -0.338 e. The predicted octanol–water partition coefficient (Wildman–Crippen LogP) is 5.02. The summed E-state index contributed by atoms with van der Waals surface area (Å²) in [5.74, 6) is -0.837. The molecule has 0 unspecified atom stereocenters. The number of nitrogens with zero attached hydrogens (tertiary/aromatic N) is 3. The predicted molar refractivity (Wildman–Crippen MR) is 149 cm³/mol. The van der Waals surface area contributed by atoms with Crippen molar-refractivity contribution in [2.24, 2.45) is 13.0 Å². The second-order valence-corrected chi connectivity index (χ2v) is 10.7. The van der Waals surface area contributed by atoms with Crippen LogP contribution in [0.5, 0.6) is 0 Å². The van der Waals surface area contributed by atoms with Crippen molar-refractivity contribution in [1.29, 1.82) is 0 Å². The molecule has 0 atom stereocenters. The Labute approximate surface area is 232 Å². The molecule has 0 bridgehead atoms. The quantitative estimate of drug-likeness (QED) is 0.224. The van der Waals surface area contributed by atoms with Crippen molar-refractivity contribution >= 4 is 50.8 Å². The number of benzene rings is 2. The number of hydrogen-bond acceptors (Lipinski definition) is 5. The summed E-state index contributed by atoms with van der Waals surface area (Å²) < 4.78 is 45.3. The summed E-state index contributed by atoms with van der Waals surface area (Å²) in [6, 6.07) is 10.0. The van der Waals surface area contributed by atoms with Crippen molar-refractivity contribution in [3.05, 3.63) is 94.2 Å². The van der Waals surface area contributed by atoms with E-state index in [1.54, 1.807) is 12.1 Å². The molecule has 202 valence electrons. The van der Waals surface area contributed by atoms with Crippen LogP contribution in [0.2, 0.25) is 0 Å². The summed E-state index contributed by atoms with van der Waals surface area (Å²) in [5, 5.41) is 2.28. The molecule has 0 spiro atoms. The molecule has 39 heavy (non-hydrogen) atoms. The maximum Gasteiger partial charge on any atom is 0.340 e. The monoisotopic (exact) mass is 650 g/mol. The highest BCUT2D eigenvalue weighted by Crippen LogP contribution is 2.34. The van der Waals surface area contributed by atoms with Gasteiger partial charge in [-0.3, -0.25) is 23.5 Å². The third kappa shape index (κ3) is 4.81. The Bertz CT molecular complexity index is 1840. The zero-order valence-electron chi connectivity index (χ0n) is 20.8. The number of aryl methyl sites for hydroxylation is 1. The zero-order chi connectivity index (χ0) is 28.2. The van der Waals surface area contributed by atoms with E-state index in [2.05, 4.69) is 5.32 Å². The van der Waals surface area contributed by atoms with Crippen LogP contribution in [-0.2, 0) is 7.05 Å². The van der Waals surface area contributed by atoms with Gasteiger partial charge in [0.25, 0.3) is 11.1 Å². The number of alkyl halides is 2. The fraction of sp³-hybridized carbons (Fsp3) is 0.259. The molecule has 0 aliphatic heterocycles. The first-order valence-corrected chi connectivity index (χ1v) is 13.1. The second-order valence-electron chi connectivity index (χ2n) is 9.50. The molecule has 4 aromatic rings. The van der Waals surface area contributed by atoms with Gasteiger partial charge in [0.05, 0.1) is 16.9 Å². The summed E-state index contributed by atoms with van der Waals surface area (Å²) in [6.45, 7) is -2.15. The van der Waals surface area contributed by atoms with E-state index in [0.29, 0.717) is 15.9 Å². The molecule has 2 heterocycles. The molecule has 1 aliphatic rings. The largest absolute Gasteiger partial charge is 0.340 e. The van der Waals surface area contributed by atoms with Gasteiger partial charge in [0, 0.05) is 28.2 Å². The fourth-order valence-corrected chi connectivity index (χ4v) is 5.06. The Morgan fingerprint density at radius 2 is 1.82 bits per heavy atom. The highest BCUT2D eigenvalue weighted by molar-refractivity contribution is 14.1. The van der Waals surface area contributed by atoms with Crippen LogP contribution in [0, 0.1) is 22.2 Å². The molecule has 1 aliphatic carbocycles. The average Bonchev–Trinajstić information content (AvgIpc) is 3.70. The van der Waals surface area contributed by atoms with Crippen molar-refractivity contribution in [1.82, 2.24) is 13.7 Å². The van der Waals surface area contributed by atoms with Crippen molar-refractivity contribution < 1.29 is 18.0 Å². The molecule has 1 fully saturated rings. The van der Waals surface area contributed by atoms with Crippen LogP contribution in [0.1, 0.15) is 41.7 Å². The lowest BCUT2D eigenvalue weighted by Gasteiger charge is -2.20. The number of Topliss-reactive ketones (excluding diaryl/α,β-unsaturated/α-hetero) is 1. The molecule has 0 radical (unpaired) electrons. The van der Waals surface area contributed by atoms with Crippen LogP contribution in [0.15, 0.2) is 56.8 Å². The molecule has 2 aromatic carbocycles. The lowest BCUT2D eigenvalue weighted by Crippen LogP contribution is -2.42. The van der Waals surface area contributed by atoms with Crippen molar-refractivity contribution in [2.45, 2.75) is 32.7 Å². The highest BCUT2D eigenvalue weighted by atomic mass is 127. The van der Waals surface area contributed by atoms with E-state index in [1.807, 2.05) is 22.6 Å². The van der Waals surface area contributed by atoms with Crippen molar-refractivity contribution in [3.63, 3.8) is 0 Å². The number of carbonyl (C=O) groups is 1. The van der Waals surface area contributed by atoms with Crippen LogP contribution in [0.3, 0.4) is 0 Å². The van der Waals surface area contributed by atoms with Crippen LogP contribution in [0.25, 0.3) is 16.6 Å². The van der Waals surface area contributed by atoms with Gasteiger partial charge in [0.1, 0.15) is 17.0 Å². The van der Waals surface area contributed by atoms with Gasteiger partial charge in [-0.15, -0.1) is 0 Å². The third-order valence-electron chi connectivity index (χ3n) is 6.82. The summed E-state index contributed by atoms with van der Waals surface area (Å²) in [7, 11) is 1.31. The van der Waals surface area contributed by atoms with E-state index < -0.39 is 34.6 Å². The van der Waals surface area contributed by atoms with Gasteiger partial charge in [-0.05, 0) is 78.6 Å². The van der Waals surface area contributed by atoms with Gasteiger partial charge in [0.15, 0.2) is 5.78 Å². The number of nitrogens with one attached hydrogen (secondary N) is 1. The average molecular weight is 650 g/mol. The van der Waals surface area contributed by atoms with Crippen molar-refractivity contribution in [3.8, 4) is 5.69 Å². The van der Waals surface area contributed by atoms with Crippen molar-refractivity contribution in [2.75, 3.05) is 5.32 Å². The smallest absolute Gasteiger partial charge is 0.338 e. The highest BCUT2D eigenvalue weighted by Gasteiger charge is 2.28. The first kappa shape index (κ1) is 26.9. The summed E-state index contributed by atoms with van der Waals surface area (Å²) in [6.07, 6.45) is 2.23. The molecule has 2 aromatic heterocycles. The van der Waals surface area contributed by atoms with E-state index in [4.69, 9.17) is 0 Å². The second kappa shape index (κ2) is 10.1. The Morgan fingerprint density at radius 3 is 2.46 bits per heavy atom. The molecule has 1 N–H and O–H groups in total. The number of halogens is 4. The third-order valence-corrected chi connectivity index (χ3v) is 7.49. The maximum absolute atomic E-state index is 14.7. The number of fused-ring (bicyclic) bond motifs is 1. The number of carbonyl (C=O) groups excluding carboxylic acids is 1. The Morgan fingerprint density at radius 1 is 1.10 bits per heavy atom. The van der Waals surface area contributed by atoms with Gasteiger partial charge in [-0.1, -0.05) is 12.1 Å². The normalized spacial score (nSPS) is 13.3. The van der Waals surface area contributed by atoms with E-state index in [1.165, 1.54) is 44.3 Å². The van der Waals surface area contributed by atoms with Crippen LogP contribution in [0.4, 0.5) is 24.7 Å². The van der Waals surface area contributed by atoms with Crippen LogP contribution in [-0.4, -0.2) is 19.5 Å². The zero-order valence-corrected chi connectivity index (χ0v) is 23.0. The van der Waals surface area contributed by atoms with E-state index in [9.17, 15) is 32.3 Å². The van der Waals surface area contributed by atoms with Crippen LogP contribution < -0.4 is 22.1 Å². The molecule has 12 heteroatoms. The van der Waals surface area contributed by atoms with E-state index >= 15 is 0 Å². The first-order valence-electron chi connectivity index (χ1n) is 12.0. The lowest BCUT2D eigenvalue weighted by molar-refractivity contribution is 0.0613. The number of ketones is 1. The lowest BCUT2D eigenvalue weighted by atomic mass is 10.0. The van der Waals surface area contributed by atoms with E-state index in [-0.39, 0.29) is 44.2 Å². The van der Waals surface area contributed by atoms with E-state index in [0.717, 1.165) is 22.0 Å². The number of hydrogen-bond donors (Lipinski definition) is 1. The number of pyridine rings is 1.